The minimum Gasteiger partial charge on any atom is -0.478 e. The topological polar surface area (TPSA) is 273 Å². The number of aryl methyl sites for hydroxylation is 1. The lowest BCUT2D eigenvalue weighted by molar-refractivity contribution is -0.160. The van der Waals surface area contributed by atoms with Crippen LogP contribution in [0.5, 0.6) is 0 Å². The largest absolute Gasteiger partial charge is 0.478 e. The van der Waals surface area contributed by atoms with E-state index in [0.29, 0.717) is 47.1 Å². The maximum absolute atomic E-state index is 13.8. The molecule has 60 heavy (non-hydrogen) atoms. The van der Waals surface area contributed by atoms with Crippen LogP contribution in [0.2, 0.25) is 5.02 Å². The van der Waals surface area contributed by atoms with Crippen molar-refractivity contribution in [2.45, 2.75) is 37.4 Å². The van der Waals surface area contributed by atoms with Gasteiger partial charge in [0, 0.05) is 55.3 Å². The highest BCUT2D eigenvalue weighted by Gasteiger charge is 2.66. The van der Waals surface area contributed by atoms with Crippen molar-refractivity contribution in [3.05, 3.63) is 89.2 Å². The normalized spacial score (nSPS) is 17.3. The molecule has 1 aromatic heterocycles. The minimum atomic E-state index is -3.05. The van der Waals surface area contributed by atoms with E-state index in [1.165, 1.54) is 53.7 Å². The first kappa shape index (κ1) is 42.5. The number of anilines is 3. The number of hydrogen-bond donors (Lipinski definition) is 6. The maximum Gasteiger partial charge on any atom is 0.414 e. The molecule has 0 radical (unpaired) electrons. The molecule has 314 valence electrons. The molecular weight excluding hydrogens is 806 g/mol. The summed E-state index contributed by atoms with van der Waals surface area (Å²) in [6, 6.07) is 14.3. The Hall–Kier alpha value is -7.13. The number of carbonyl (C=O) groups excluding carboxylic acids is 5. The summed E-state index contributed by atoms with van der Waals surface area (Å²) in [5.41, 5.74) is 0.506. The zero-order chi connectivity index (χ0) is 43.1. The van der Waals surface area contributed by atoms with Crippen LogP contribution < -0.4 is 21.0 Å². The number of aldehydes is 1. The Labute approximate surface area is 346 Å². The predicted molar refractivity (Wildman–Crippen MR) is 212 cm³/mol. The number of hydrogen-bond acceptors (Lipinski definition) is 12. The van der Waals surface area contributed by atoms with Crippen LogP contribution in [0.3, 0.4) is 0 Å². The molecule has 2 aliphatic rings. The van der Waals surface area contributed by atoms with Gasteiger partial charge in [0.15, 0.2) is 0 Å². The summed E-state index contributed by atoms with van der Waals surface area (Å²) in [4.78, 5) is 95.4. The summed E-state index contributed by atoms with van der Waals surface area (Å²) in [6.45, 7) is 0.862. The van der Waals surface area contributed by atoms with Crippen molar-refractivity contribution in [2.24, 2.45) is 5.92 Å². The van der Waals surface area contributed by atoms with E-state index in [-0.39, 0.29) is 77.8 Å². The van der Waals surface area contributed by atoms with Crippen LogP contribution in [0.25, 0.3) is 5.69 Å². The molecule has 0 saturated carbocycles. The van der Waals surface area contributed by atoms with Crippen LogP contribution in [0.15, 0.2) is 73.1 Å². The number of aliphatic carboxylic acids is 1. The number of aromatic nitrogens is 4. The summed E-state index contributed by atoms with van der Waals surface area (Å²) < 4.78 is 1.14. The van der Waals surface area contributed by atoms with Gasteiger partial charge in [-0.25, -0.2) is 24.3 Å². The number of likely N-dealkylation sites (N-methyl/N-ethyl adjacent to an activating group) is 1. The highest BCUT2D eigenvalue weighted by Crippen LogP contribution is 2.49. The molecular formula is C38H40ClN11O10. The van der Waals surface area contributed by atoms with Gasteiger partial charge in [-0.05, 0) is 71.7 Å². The van der Waals surface area contributed by atoms with E-state index in [2.05, 4.69) is 31.6 Å². The number of likely N-dealkylation sites (tertiary alicyclic amines) is 1. The number of nitrogens with zero attached hydrogens (tertiary/aromatic N) is 8. The molecule has 22 heteroatoms. The number of rotatable bonds is 14. The van der Waals surface area contributed by atoms with Gasteiger partial charge >= 0.3 is 24.0 Å². The van der Waals surface area contributed by atoms with Crippen molar-refractivity contribution >= 4 is 70.8 Å². The standard InChI is InChI=1S/C38H40ClN11O10/c1-46(18-19-51)34(55)24-14-16-47(17-15-24)36(58)41-26-10-6-23(7-11-26)8-13-31(53)42-33-27-4-2-3-5-29(27)49(37(59)60)38(33,35(56)57)50(32(54)21-52)43-28-20-25(39)9-12-30(28)48-22-40-44-45-48/h2-7,9-12,20-22,24,33,43,51H,8,13-19H2,1H3,(H,41,58)(H,42,53)(H,56,57)(H,59,60). The van der Waals surface area contributed by atoms with Crippen LogP contribution in [0.4, 0.5) is 26.7 Å². The number of hydrazine groups is 1. The maximum atomic E-state index is 13.8. The summed E-state index contributed by atoms with van der Waals surface area (Å²) in [5.74, 6) is -4.48. The molecule has 4 aromatic rings. The number of fused-ring (bicyclic) bond motifs is 1. The Morgan fingerprint density at radius 2 is 1.70 bits per heavy atom. The molecule has 3 aromatic carbocycles. The monoisotopic (exact) mass is 845 g/mol. The van der Waals surface area contributed by atoms with Gasteiger partial charge in [0.2, 0.25) is 18.1 Å². The minimum absolute atomic E-state index is 0.0119. The first-order valence-electron chi connectivity index (χ1n) is 18.5. The van der Waals surface area contributed by atoms with Crippen molar-refractivity contribution in [3.63, 3.8) is 0 Å². The van der Waals surface area contributed by atoms with Crippen molar-refractivity contribution in [3.8, 4) is 5.69 Å². The number of halogens is 1. The quantitative estimate of drug-likeness (QED) is 0.0603. The molecule has 0 bridgehead atoms. The molecule has 0 aliphatic carbocycles. The highest BCUT2D eigenvalue weighted by atomic mass is 35.5. The number of carboxylic acids is 1. The lowest BCUT2D eigenvalue weighted by Crippen LogP contribution is -2.72. The van der Waals surface area contributed by atoms with E-state index in [1.54, 1.807) is 36.2 Å². The Bertz CT molecular complexity index is 2270. The van der Waals surface area contributed by atoms with Crippen LogP contribution in [-0.2, 0) is 30.4 Å². The average molecular weight is 846 g/mol. The number of aliphatic hydroxyl groups is 1. The zero-order valence-corrected chi connectivity index (χ0v) is 32.7. The third-order valence-corrected chi connectivity index (χ3v) is 10.5. The van der Waals surface area contributed by atoms with E-state index >= 15 is 0 Å². The van der Waals surface area contributed by atoms with Gasteiger partial charge in [-0.2, -0.15) is 4.68 Å². The number of tetrazole rings is 1. The van der Waals surface area contributed by atoms with E-state index in [9.17, 15) is 43.8 Å². The average Bonchev–Trinajstić information content (AvgIpc) is 3.88. The van der Waals surface area contributed by atoms with E-state index in [4.69, 9.17) is 16.7 Å². The molecule has 1 fully saturated rings. The predicted octanol–water partition coefficient (Wildman–Crippen LogP) is 2.13. The van der Waals surface area contributed by atoms with Crippen LogP contribution >= 0.6 is 11.6 Å². The molecule has 3 heterocycles. The van der Waals surface area contributed by atoms with Crippen LogP contribution in [-0.4, -0.2) is 131 Å². The molecule has 1 saturated heterocycles. The molecule has 6 amide bonds. The summed E-state index contributed by atoms with van der Waals surface area (Å²) in [6.07, 6.45) is 0.0179. The van der Waals surface area contributed by atoms with Gasteiger partial charge in [-0.3, -0.25) is 24.6 Å². The second-order valence-electron chi connectivity index (χ2n) is 13.9. The number of piperidine rings is 1. The molecule has 21 nitrogen and oxygen atoms in total. The van der Waals surface area contributed by atoms with Gasteiger partial charge < -0.3 is 35.8 Å². The molecule has 0 spiro atoms. The Balaban J connectivity index is 1.20. The molecule has 2 aliphatic heterocycles. The number of carbonyl (C=O) groups is 7. The number of urea groups is 1. The van der Waals surface area contributed by atoms with Crippen molar-refractivity contribution in [1.29, 1.82) is 0 Å². The number of aliphatic hydroxyl groups excluding tert-OH is 1. The number of nitrogens with one attached hydrogen (secondary N) is 3. The van der Waals surface area contributed by atoms with E-state index in [1.807, 2.05) is 0 Å². The second-order valence-corrected chi connectivity index (χ2v) is 14.3. The number of amides is 6. The molecule has 2 unspecified atom stereocenters. The number of benzene rings is 3. The molecule has 6 rings (SSSR count). The Kier molecular flexibility index (Phi) is 12.9. The first-order valence-corrected chi connectivity index (χ1v) is 18.9. The van der Waals surface area contributed by atoms with Crippen molar-refractivity contribution in [1.82, 2.24) is 40.3 Å². The van der Waals surface area contributed by atoms with Crippen LogP contribution in [0, 0.1) is 5.92 Å². The SMILES string of the molecule is CN(CCO)C(=O)C1CCN(C(=O)Nc2ccc(CCC(=O)NC3c4ccccc4N(C(=O)O)C3(C(=O)O)N(Nc3cc(Cl)ccc3-n3cnnn3)C(=O)C=O)cc2)CC1. The number of para-hydroxylation sites is 1. The third-order valence-electron chi connectivity index (χ3n) is 10.3. The third kappa shape index (κ3) is 8.52. The fraction of sp³-hybridized carbons (Fsp3) is 0.316. The molecule has 6 N–H and O–H groups in total. The van der Waals surface area contributed by atoms with Gasteiger partial charge in [-0.15, -0.1) is 5.10 Å². The van der Waals surface area contributed by atoms with Crippen LogP contribution in [0.1, 0.15) is 36.4 Å². The van der Waals surface area contributed by atoms with Crippen molar-refractivity contribution < 1.29 is 48.9 Å². The van der Waals surface area contributed by atoms with Gasteiger partial charge in [-0.1, -0.05) is 41.9 Å². The van der Waals surface area contributed by atoms with E-state index < -0.39 is 35.6 Å². The lowest BCUT2D eigenvalue weighted by atomic mass is 9.95. The van der Waals surface area contributed by atoms with Gasteiger partial charge in [0.25, 0.3) is 5.66 Å². The fourth-order valence-corrected chi connectivity index (χ4v) is 7.51. The first-order chi connectivity index (χ1) is 28.8. The summed E-state index contributed by atoms with van der Waals surface area (Å²) in [7, 11) is 1.63. The van der Waals surface area contributed by atoms with Gasteiger partial charge in [0.1, 0.15) is 12.4 Å². The van der Waals surface area contributed by atoms with Crippen molar-refractivity contribution in [2.75, 3.05) is 48.9 Å². The Morgan fingerprint density at radius 1 is 0.983 bits per heavy atom. The highest BCUT2D eigenvalue weighted by molar-refractivity contribution is 6.31. The lowest BCUT2D eigenvalue weighted by Gasteiger charge is -2.44. The summed E-state index contributed by atoms with van der Waals surface area (Å²) in [5, 5.41) is 47.6. The number of carboxylic acid groups (broad SMARTS) is 2. The second kappa shape index (κ2) is 18.2. The zero-order valence-electron chi connectivity index (χ0n) is 32.0. The van der Waals surface area contributed by atoms with Gasteiger partial charge in [0.05, 0.1) is 23.7 Å². The Morgan fingerprint density at radius 3 is 2.33 bits per heavy atom. The smallest absolute Gasteiger partial charge is 0.414 e. The summed E-state index contributed by atoms with van der Waals surface area (Å²) >= 11 is 6.27. The molecule has 2 atom stereocenters. The van der Waals surface area contributed by atoms with E-state index in [0.717, 1.165) is 4.68 Å². The fourth-order valence-electron chi connectivity index (χ4n) is 7.34.